The van der Waals surface area contributed by atoms with Crippen LogP contribution in [0.1, 0.15) is 30.4 Å². The van der Waals surface area contributed by atoms with Gasteiger partial charge in [-0.05, 0) is 30.5 Å². The molecule has 5 rings (SSSR count). The van der Waals surface area contributed by atoms with Crippen molar-refractivity contribution in [2.24, 2.45) is 0 Å². The molecule has 0 spiro atoms. The van der Waals surface area contributed by atoms with E-state index in [9.17, 15) is 18.3 Å². The maximum absolute atomic E-state index is 13.4. The fraction of sp³-hybridized carbons (Fsp3) is 0.250. The molecule has 0 radical (unpaired) electrons. The van der Waals surface area contributed by atoms with Crippen molar-refractivity contribution in [3.8, 4) is 21.9 Å². The SMILES string of the molecule is CCC(O)(c1cn(Cc2ccc3c(-c4ccccc4)c(-c4nc(C)no4)sc3c2)nn1)C(F)(F)F. The number of halogens is 3. The quantitative estimate of drug-likeness (QED) is 0.321. The highest BCUT2D eigenvalue weighted by Crippen LogP contribution is 2.44. The predicted octanol–water partition coefficient (Wildman–Crippen LogP) is 5.73. The molecule has 3 heterocycles. The summed E-state index contributed by atoms with van der Waals surface area (Å²) in [6.45, 7) is 3.20. The zero-order chi connectivity index (χ0) is 24.8. The van der Waals surface area contributed by atoms with Crippen LogP contribution in [0.3, 0.4) is 0 Å². The number of hydrogen-bond acceptors (Lipinski definition) is 7. The van der Waals surface area contributed by atoms with Gasteiger partial charge in [0, 0.05) is 15.6 Å². The Kier molecular flexibility index (Phi) is 5.68. The van der Waals surface area contributed by atoms with Crippen molar-refractivity contribution in [1.82, 2.24) is 25.1 Å². The summed E-state index contributed by atoms with van der Waals surface area (Å²) in [4.78, 5) is 5.24. The van der Waals surface area contributed by atoms with Crippen molar-refractivity contribution in [3.05, 3.63) is 71.8 Å². The van der Waals surface area contributed by atoms with Crippen LogP contribution in [0.15, 0.2) is 59.3 Å². The minimum absolute atomic E-state index is 0.189. The standard InChI is InChI=1S/C24H20F3N5O2S/c1-3-23(33,24(25,26)27)19-13-32(31-29-19)12-15-9-10-17-18(11-15)35-21(22-28-14(2)30-34-22)20(17)16-7-5-4-6-8-16/h4-11,13,33H,3,12H2,1-2H3. The molecule has 7 nitrogen and oxygen atoms in total. The fourth-order valence-corrected chi connectivity index (χ4v) is 5.16. The van der Waals surface area contributed by atoms with E-state index in [1.165, 1.54) is 22.9 Å². The highest BCUT2D eigenvalue weighted by Gasteiger charge is 2.55. The van der Waals surface area contributed by atoms with Gasteiger partial charge in [0.2, 0.25) is 5.60 Å². The lowest BCUT2D eigenvalue weighted by atomic mass is 9.96. The molecule has 0 amide bonds. The fourth-order valence-electron chi connectivity index (χ4n) is 3.95. The molecule has 0 aliphatic rings. The van der Waals surface area contributed by atoms with Crippen LogP contribution in [0.2, 0.25) is 0 Å². The van der Waals surface area contributed by atoms with Crippen LogP contribution in [0.5, 0.6) is 0 Å². The first-order valence-corrected chi connectivity index (χ1v) is 11.6. The van der Waals surface area contributed by atoms with Crippen LogP contribution >= 0.6 is 11.3 Å². The molecule has 11 heteroatoms. The molecule has 35 heavy (non-hydrogen) atoms. The first kappa shape index (κ1) is 23.2. The van der Waals surface area contributed by atoms with E-state index in [2.05, 4.69) is 20.5 Å². The molecule has 0 aliphatic carbocycles. The summed E-state index contributed by atoms with van der Waals surface area (Å²) in [6, 6.07) is 15.7. The first-order chi connectivity index (χ1) is 16.7. The van der Waals surface area contributed by atoms with Crippen molar-refractivity contribution >= 4 is 21.4 Å². The van der Waals surface area contributed by atoms with E-state index >= 15 is 0 Å². The molecular formula is C24H20F3N5O2S. The summed E-state index contributed by atoms with van der Waals surface area (Å²) in [5.74, 6) is 0.959. The Bertz CT molecular complexity index is 1490. The zero-order valence-electron chi connectivity index (χ0n) is 18.7. The van der Waals surface area contributed by atoms with E-state index in [0.717, 1.165) is 37.9 Å². The van der Waals surface area contributed by atoms with E-state index in [1.807, 2.05) is 48.5 Å². The van der Waals surface area contributed by atoms with E-state index in [-0.39, 0.29) is 6.54 Å². The monoisotopic (exact) mass is 499 g/mol. The Morgan fingerprint density at radius 2 is 1.89 bits per heavy atom. The van der Waals surface area contributed by atoms with Crippen molar-refractivity contribution in [1.29, 1.82) is 0 Å². The van der Waals surface area contributed by atoms with E-state index in [0.29, 0.717) is 11.7 Å². The average Bonchev–Trinajstić information content (AvgIpc) is 3.56. The molecule has 180 valence electrons. The summed E-state index contributed by atoms with van der Waals surface area (Å²) in [5, 5.41) is 22.5. The van der Waals surface area contributed by atoms with Crippen LogP contribution < -0.4 is 0 Å². The molecular weight excluding hydrogens is 479 g/mol. The smallest absolute Gasteiger partial charge is 0.375 e. The van der Waals surface area contributed by atoms with Gasteiger partial charge in [-0.1, -0.05) is 59.8 Å². The molecule has 3 aromatic heterocycles. The predicted molar refractivity (Wildman–Crippen MR) is 125 cm³/mol. The lowest BCUT2D eigenvalue weighted by Gasteiger charge is -2.26. The molecule has 0 bridgehead atoms. The van der Waals surface area contributed by atoms with Gasteiger partial charge in [0.05, 0.1) is 12.7 Å². The highest BCUT2D eigenvalue weighted by molar-refractivity contribution is 7.23. The Morgan fingerprint density at radius 3 is 2.54 bits per heavy atom. The Balaban J connectivity index is 1.53. The molecule has 1 N–H and O–H groups in total. The van der Waals surface area contributed by atoms with Gasteiger partial charge in [0.15, 0.2) is 5.82 Å². The number of alkyl halides is 3. The van der Waals surface area contributed by atoms with Gasteiger partial charge in [-0.2, -0.15) is 18.2 Å². The lowest BCUT2D eigenvalue weighted by Crippen LogP contribution is -2.42. The summed E-state index contributed by atoms with van der Waals surface area (Å²) < 4.78 is 47.8. The number of aryl methyl sites for hydroxylation is 1. The number of benzene rings is 2. The minimum atomic E-state index is -4.85. The number of rotatable bonds is 6. The van der Waals surface area contributed by atoms with E-state index in [1.54, 1.807) is 6.92 Å². The lowest BCUT2D eigenvalue weighted by molar-refractivity contribution is -0.269. The minimum Gasteiger partial charge on any atom is -0.375 e. The van der Waals surface area contributed by atoms with Crippen LogP contribution in [0.4, 0.5) is 13.2 Å². The van der Waals surface area contributed by atoms with Crippen LogP contribution in [-0.2, 0) is 12.1 Å². The summed E-state index contributed by atoms with van der Waals surface area (Å²) in [7, 11) is 0. The summed E-state index contributed by atoms with van der Waals surface area (Å²) >= 11 is 1.50. The zero-order valence-corrected chi connectivity index (χ0v) is 19.6. The summed E-state index contributed by atoms with van der Waals surface area (Å²) in [6.07, 6.45) is -4.27. The van der Waals surface area contributed by atoms with E-state index in [4.69, 9.17) is 4.52 Å². The number of aliphatic hydroxyl groups is 1. The second-order valence-corrected chi connectivity index (χ2v) is 9.21. The largest absolute Gasteiger partial charge is 0.423 e. The Labute approximate surface area is 201 Å². The second kappa shape index (κ2) is 8.58. The number of hydrogen-bond donors (Lipinski definition) is 1. The molecule has 0 saturated heterocycles. The van der Waals surface area contributed by atoms with Gasteiger partial charge in [0.1, 0.15) is 10.6 Å². The third-order valence-electron chi connectivity index (χ3n) is 5.83. The average molecular weight is 500 g/mol. The number of aromatic nitrogens is 5. The van der Waals surface area contributed by atoms with Crippen molar-refractivity contribution in [2.75, 3.05) is 0 Å². The van der Waals surface area contributed by atoms with Gasteiger partial charge < -0.3 is 9.63 Å². The normalized spacial score (nSPS) is 13.9. The van der Waals surface area contributed by atoms with Crippen LogP contribution in [0.25, 0.3) is 32.0 Å². The Morgan fingerprint density at radius 1 is 1.11 bits per heavy atom. The highest BCUT2D eigenvalue weighted by atomic mass is 32.1. The topological polar surface area (TPSA) is 89.9 Å². The third-order valence-corrected chi connectivity index (χ3v) is 6.97. The van der Waals surface area contributed by atoms with E-state index < -0.39 is 23.9 Å². The molecule has 0 saturated carbocycles. The molecule has 1 atom stereocenters. The number of fused-ring (bicyclic) bond motifs is 1. The number of thiophene rings is 1. The third kappa shape index (κ3) is 4.10. The van der Waals surface area contributed by atoms with Crippen molar-refractivity contribution in [3.63, 3.8) is 0 Å². The van der Waals surface area contributed by atoms with Gasteiger partial charge in [-0.25, -0.2) is 4.68 Å². The number of nitrogens with zero attached hydrogens (tertiary/aromatic N) is 5. The van der Waals surface area contributed by atoms with Gasteiger partial charge in [-0.3, -0.25) is 0 Å². The van der Waals surface area contributed by atoms with Gasteiger partial charge in [-0.15, -0.1) is 16.4 Å². The van der Waals surface area contributed by atoms with Crippen LogP contribution in [0, 0.1) is 6.92 Å². The van der Waals surface area contributed by atoms with Crippen LogP contribution in [-0.4, -0.2) is 36.4 Å². The Hall–Kier alpha value is -3.57. The molecule has 2 aromatic carbocycles. The van der Waals surface area contributed by atoms with Gasteiger partial charge in [0.25, 0.3) is 5.89 Å². The first-order valence-electron chi connectivity index (χ1n) is 10.8. The van der Waals surface area contributed by atoms with Crippen molar-refractivity contribution in [2.45, 2.75) is 38.6 Å². The summed E-state index contributed by atoms with van der Waals surface area (Å²) in [5.41, 5.74) is -0.767. The molecule has 0 aliphatic heterocycles. The molecule has 1 unspecified atom stereocenters. The maximum Gasteiger partial charge on any atom is 0.423 e. The second-order valence-electron chi connectivity index (χ2n) is 8.16. The molecule has 0 fully saturated rings. The van der Waals surface area contributed by atoms with Crippen molar-refractivity contribution < 1.29 is 22.8 Å². The van der Waals surface area contributed by atoms with Gasteiger partial charge >= 0.3 is 6.18 Å². The maximum atomic E-state index is 13.4. The molecule has 5 aromatic rings.